The molecule has 3 heteroatoms. The monoisotopic (exact) mass is 230 g/mol. The molecule has 0 saturated carbocycles. The zero-order chi connectivity index (χ0) is 12.4. The summed E-state index contributed by atoms with van der Waals surface area (Å²) >= 11 is 0. The number of aliphatic hydroxyl groups excluding tert-OH is 1. The molecule has 1 aliphatic heterocycles. The zero-order valence-electron chi connectivity index (χ0n) is 9.69. The Bertz CT molecular complexity index is 497. The minimum Gasteiger partial charge on any atom is -0.454 e. The Hall–Kier alpha value is -1.92. The van der Waals surface area contributed by atoms with E-state index in [1.165, 1.54) is 0 Å². The first-order valence-corrected chi connectivity index (χ1v) is 5.34. The topological polar surface area (TPSA) is 38.7 Å². The van der Waals surface area contributed by atoms with Gasteiger partial charge in [-0.25, -0.2) is 0 Å². The molecule has 0 fully saturated rings. The van der Waals surface area contributed by atoms with E-state index in [-0.39, 0.29) is 6.79 Å². The minimum atomic E-state index is -0.659. The van der Waals surface area contributed by atoms with E-state index in [1.807, 2.05) is 6.92 Å². The first kappa shape index (κ1) is 11.6. The van der Waals surface area contributed by atoms with Gasteiger partial charge in [-0.2, -0.15) is 0 Å². The lowest BCUT2D eigenvalue weighted by Crippen LogP contribution is -2.01. The highest BCUT2D eigenvalue weighted by Crippen LogP contribution is 2.37. The smallest absolute Gasteiger partial charge is 0.231 e. The van der Waals surface area contributed by atoms with Crippen molar-refractivity contribution in [2.75, 3.05) is 6.79 Å². The molecule has 1 N–H and O–H groups in total. The lowest BCUT2D eigenvalue weighted by molar-refractivity contribution is 0.171. The van der Waals surface area contributed by atoms with Gasteiger partial charge >= 0.3 is 0 Å². The van der Waals surface area contributed by atoms with Gasteiger partial charge in [0.1, 0.15) is 0 Å². The molecule has 3 nitrogen and oxygen atoms in total. The van der Waals surface area contributed by atoms with E-state index < -0.39 is 6.10 Å². The van der Waals surface area contributed by atoms with E-state index in [2.05, 4.69) is 12.5 Å². The van der Waals surface area contributed by atoms with E-state index in [1.54, 1.807) is 12.1 Å². The fourth-order valence-electron chi connectivity index (χ4n) is 1.80. The molecule has 0 aliphatic carbocycles. The van der Waals surface area contributed by atoms with Crippen molar-refractivity contribution in [2.45, 2.75) is 19.4 Å². The zero-order valence-corrected chi connectivity index (χ0v) is 9.69. The van der Waals surface area contributed by atoms with Gasteiger partial charge in [0, 0.05) is 17.2 Å². The summed E-state index contributed by atoms with van der Waals surface area (Å²) < 4.78 is 10.5. The number of benzene rings is 1. The van der Waals surface area contributed by atoms with Crippen molar-refractivity contribution < 1.29 is 14.6 Å². The lowest BCUT2D eigenvalue weighted by atomic mass is 9.97. The van der Waals surface area contributed by atoms with Crippen LogP contribution in [0.3, 0.4) is 0 Å². The highest BCUT2D eigenvalue weighted by molar-refractivity contribution is 5.54. The summed E-state index contributed by atoms with van der Waals surface area (Å²) in [4.78, 5) is 0. The molecule has 0 saturated heterocycles. The standard InChI is InChI=1S/C14H14O3/c1-4-10-6-13-14(17-8-16-13)7-11(10)12(15)5-9(2)3/h1,6-7,12,15H,2,5,8H2,3H3. The first-order chi connectivity index (χ1) is 8.11. The third-order valence-corrected chi connectivity index (χ3v) is 2.60. The molecule has 0 spiro atoms. The molecule has 1 atom stereocenters. The van der Waals surface area contributed by atoms with Crippen molar-refractivity contribution in [3.63, 3.8) is 0 Å². The number of rotatable bonds is 3. The molecule has 17 heavy (non-hydrogen) atoms. The van der Waals surface area contributed by atoms with Crippen LogP contribution in [-0.2, 0) is 0 Å². The van der Waals surface area contributed by atoms with Gasteiger partial charge in [0.25, 0.3) is 0 Å². The molecule has 1 aromatic carbocycles. The van der Waals surface area contributed by atoms with E-state index in [0.29, 0.717) is 29.0 Å². The second kappa shape index (κ2) is 4.52. The molecular weight excluding hydrogens is 216 g/mol. The van der Waals surface area contributed by atoms with Gasteiger partial charge < -0.3 is 14.6 Å². The Kier molecular flexibility index (Phi) is 3.08. The maximum Gasteiger partial charge on any atom is 0.231 e. The van der Waals surface area contributed by atoms with Crippen LogP contribution < -0.4 is 9.47 Å². The van der Waals surface area contributed by atoms with Gasteiger partial charge in [-0.05, 0) is 19.4 Å². The third kappa shape index (κ3) is 2.27. The van der Waals surface area contributed by atoms with Crippen LogP contribution in [0.2, 0.25) is 0 Å². The summed E-state index contributed by atoms with van der Waals surface area (Å²) in [6.07, 6.45) is 5.25. The van der Waals surface area contributed by atoms with Crippen molar-refractivity contribution in [1.29, 1.82) is 0 Å². The van der Waals surface area contributed by atoms with Gasteiger partial charge in [-0.15, -0.1) is 13.0 Å². The first-order valence-electron chi connectivity index (χ1n) is 5.34. The van der Waals surface area contributed by atoms with E-state index in [4.69, 9.17) is 15.9 Å². The van der Waals surface area contributed by atoms with E-state index in [9.17, 15) is 5.11 Å². The van der Waals surface area contributed by atoms with Crippen LogP contribution in [0.5, 0.6) is 11.5 Å². The molecule has 1 unspecified atom stereocenters. The lowest BCUT2D eigenvalue weighted by Gasteiger charge is -2.13. The number of fused-ring (bicyclic) bond motifs is 1. The maximum absolute atomic E-state index is 10.1. The fraction of sp³-hybridized carbons (Fsp3) is 0.286. The molecule has 1 aliphatic rings. The van der Waals surface area contributed by atoms with E-state index in [0.717, 1.165) is 5.57 Å². The van der Waals surface area contributed by atoms with Crippen molar-refractivity contribution in [2.24, 2.45) is 0 Å². The van der Waals surface area contributed by atoms with Crippen molar-refractivity contribution in [3.8, 4) is 23.8 Å². The van der Waals surface area contributed by atoms with Crippen LogP contribution >= 0.6 is 0 Å². The summed E-state index contributed by atoms with van der Waals surface area (Å²) in [5, 5.41) is 10.1. The molecule has 0 aromatic heterocycles. The van der Waals surface area contributed by atoms with Gasteiger partial charge in [0.05, 0.1) is 6.10 Å². The molecule has 88 valence electrons. The average Bonchev–Trinajstić information content (AvgIpc) is 2.73. The van der Waals surface area contributed by atoms with Crippen molar-refractivity contribution in [3.05, 3.63) is 35.4 Å². The SMILES string of the molecule is C#Cc1cc2c(cc1C(O)CC(=C)C)OCO2. The van der Waals surface area contributed by atoms with Crippen LogP contribution in [0.25, 0.3) is 0 Å². The van der Waals surface area contributed by atoms with Crippen LogP contribution in [0, 0.1) is 12.3 Å². The number of hydrogen-bond donors (Lipinski definition) is 1. The second-order valence-electron chi connectivity index (χ2n) is 4.11. The van der Waals surface area contributed by atoms with Crippen LogP contribution in [0.4, 0.5) is 0 Å². The highest BCUT2D eigenvalue weighted by atomic mass is 16.7. The fourth-order valence-corrected chi connectivity index (χ4v) is 1.80. The second-order valence-corrected chi connectivity index (χ2v) is 4.11. The third-order valence-electron chi connectivity index (χ3n) is 2.60. The normalized spacial score (nSPS) is 14.2. The quantitative estimate of drug-likeness (QED) is 0.640. The van der Waals surface area contributed by atoms with Crippen LogP contribution in [0.1, 0.15) is 30.6 Å². The largest absolute Gasteiger partial charge is 0.454 e. The molecule has 0 bridgehead atoms. The summed E-state index contributed by atoms with van der Waals surface area (Å²) in [6.45, 7) is 5.84. The summed E-state index contributed by atoms with van der Waals surface area (Å²) in [5.74, 6) is 3.81. The van der Waals surface area contributed by atoms with Crippen LogP contribution in [0.15, 0.2) is 24.3 Å². The number of aliphatic hydroxyl groups is 1. The molecule has 1 heterocycles. The Morgan fingerprint density at radius 3 is 2.76 bits per heavy atom. The van der Waals surface area contributed by atoms with Crippen molar-refractivity contribution >= 4 is 0 Å². The van der Waals surface area contributed by atoms with Crippen LogP contribution in [-0.4, -0.2) is 11.9 Å². The van der Waals surface area contributed by atoms with Gasteiger partial charge in [0.15, 0.2) is 11.5 Å². The summed E-state index contributed by atoms with van der Waals surface area (Å²) in [7, 11) is 0. The van der Waals surface area contributed by atoms with Crippen molar-refractivity contribution in [1.82, 2.24) is 0 Å². The Labute approximate surface area is 101 Å². The Morgan fingerprint density at radius 1 is 1.53 bits per heavy atom. The predicted octanol–water partition coefficient (Wildman–Crippen LogP) is 2.40. The predicted molar refractivity (Wildman–Crippen MR) is 64.9 cm³/mol. The molecule has 0 amide bonds. The summed E-state index contributed by atoms with van der Waals surface area (Å²) in [5.41, 5.74) is 2.21. The van der Waals surface area contributed by atoms with Gasteiger partial charge in [-0.1, -0.05) is 11.5 Å². The molecular formula is C14H14O3. The molecule has 1 aromatic rings. The molecule has 0 radical (unpaired) electrons. The Balaban J connectivity index is 2.39. The van der Waals surface area contributed by atoms with E-state index >= 15 is 0 Å². The van der Waals surface area contributed by atoms with Gasteiger partial charge in [-0.3, -0.25) is 0 Å². The maximum atomic E-state index is 10.1. The number of terminal acetylenes is 1. The average molecular weight is 230 g/mol. The highest BCUT2D eigenvalue weighted by Gasteiger charge is 2.20. The molecule has 2 rings (SSSR count). The Morgan fingerprint density at radius 2 is 2.18 bits per heavy atom. The minimum absolute atomic E-state index is 0.194. The van der Waals surface area contributed by atoms with Gasteiger partial charge in [0.2, 0.25) is 6.79 Å². The number of hydrogen-bond acceptors (Lipinski definition) is 3. The summed E-state index contributed by atoms with van der Waals surface area (Å²) in [6, 6.07) is 3.46. The number of ether oxygens (including phenoxy) is 2.